The first-order chi connectivity index (χ1) is 9.12. The van der Waals surface area contributed by atoms with Gasteiger partial charge in [-0.3, -0.25) is 0 Å². The van der Waals surface area contributed by atoms with Crippen LogP contribution in [0.15, 0.2) is 0 Å². The number of aromatic nitrogens is 2. The summed E-state index contributed by atoms with van der Waals surface area (Å²) in [5.41, 5.74) is 1.15. The number of halogens is 1. The highest BCUT2D eigenvalue weighted by Crippen LogP contribution is 2.21. The first-order valence-electron chi connectivity index (χ1n) is 6.94. The Kier molecular flexibility index (Phi) is 7.60. The number of hydrogen-bond donors (Lipinski definition) is 1. The van der Waals surface area contributed by atoms with Gasteiger partial charge in [-0.05, 0) is 42.4 Å². The van der Waals surface area contributed by atoms with Crippen molar-refractivity contribution in [3.8, 4) is 0 Å². The second kappa shape index (κ2) is 8.68. The second-order valence-corrected chi connectivity index (χ2v) is 5.76. The van der Waals surface area contributed by atoms with Crippen molar-refractivity contribution in [3.63, 3.8) is 0 Å². The molecule has 5 heteroatoms. The number of hydrogen-bond acceptors (Lipinski definition) is 4. The molecule has 0 aliphatic heterocycles. The number of aryl methyl sites for hydroxylation is 1. The Morgan fingerprint density at radius 1 is 1.26 bits per heavy atom. The molecular weight excluding hydrogens is 353 g/mol. The molecule has 0 saturated carbocycles. The zero-order chi connectivity index (χ0) is 14.3. The topological polar surface area (TPSA) is 47.0 Å². The van der Waals surface area contributed by atoms with Crippen molar-refractivity contribution in [2.45, 2.75) is 52.6 Å². The minimum Gasteiger partial charge on any atom is -0.381 e. The molecule has 1 rings (SSSR count). The fourth-order valence-corrected chi connectivity index (χ4v) is 2.44. The van der Waals surface area contributed by atoms with Crippen LogP contribution in [0.4, 0.5) is 5.82 Å². The smallest absolute Gasteiger partial charge is 0.143 e. The van der Waals surface area contributed by atoms with Crippen molar-refractivity contribution in [2.24, 2.45) is 0 Å². The zero-order valence-corrected chi connectivity index (χ0v) is 14.5. The van der Waals surface area contributed by atoms with Crippen molar-refractivity contribution >= 4 is 28.4 Å². The Bertz CT molecular complexity index is 399. The molecule has 0 fully saturated rings. The summed E-state index contributed by atoms with van der Waals surface area (Å²) in [5.74, 6) is 1.84. The molecule has 0 amide bonds. The summed E-state index contributed by atoms with van der Waals surface area (Å²) >= 11 is 2.34. The van der Waals surface area contributed by atoms with Gasteiger partial charge in [0.2, 0.25) is 0 Å². The third-order valence-electron chi connectivity index (χ3n) is 2.87. The molecule has 0 aromatic carbocycles. The van der Waals surface area contributed by atoms with Gasteiger partial charge in [0.05, 0.1) is 15.4 Å². The van der Waals surface area contributed by atoms with Crippen LogP contribution in [-0.4, -0.2) is 29.7 Å². The molecule has 4 nitrogen and oxygen atoms in total. The average molecular weight is 377 g/mol. The lowest BCUT2D eigenvalue weighted by molar-refractivity contribution is 0.117. The lowest BCUT2D eigenvalue weighted by atomic mass is 10.2. The molecule has 108 valence electrons. The van der Waals surface area contributed by atoms with Crippen molar-refractivity contribution < 1.29 is 4.74 Å². The van der Waals surface area contributed by atoms with Gasteiger partial charge in [0.25, 0.3) is 0 Å². The van der Waals surface area contributed by atoms with E-state index in [4.69, 9.17) is 4.74 Å². The molecule has 1 aromatic heterocycles. The van der Waals surface area contributed by atoms with Crippen LogP contribution < -0.4 is 5.32 Å². The molecule has 1 N–H and O–H groups in total. The van der Waals surface area contributed by atoms with E-state index in [9.17, 15) is 0 Å². The van der Waals surface area contributed by atoms with E-state index in [-0.39, 0.29) is 6.10 Å². The lowest BCUT2D eigenvalue weighted by Gasteiger charge is -2.14. The molecular formula is C14H24IN3O. The highest BCUT2D eigenvalue weighted by atomic mass is 127. The first kappa shape index (κ1) is 16.6. The molecule has 1 atom stereocenters. The molecule has 1 unspecified atom stereocenters. The average Bonchev–Trinajstić information content (AvgIpc) is 2.40. The quantitative estimate of drug-likeness (QED) is 0.706. The van der Waals surface area contributed by atoms with E-state index in [0.29, 0.717) is 0 Å². The lowest BCUT2D eigenvalue weighted by Crippen LogP contribution is -2.15. The summed E-state index contributed by atoms with van der Waals surface area (Å²) in [6, 6.07) is 0. The zero-order valence-electron chi connectivity index (χ0n) is 12.3. The van der Waals surface area contributed by atoms with Crippen molar-refractivity contribution in [3.05, 3.63) is 15.1 Å². The Balaban J connectivity index is 3.00. The molecule has 0 aliphatic rings. The Labute approximate surface area is 129 Å². The van der Waals surface area contributed by atoms with E-state index in [2.05, 4.69) is 51.7 Å². The summed E-state index contributed by atoms with van der Waals surface area (Å²) in [6.45, 7) is 7.31. The maximum atomic E-state index is 5.30. The third-order valence-corrected chi connectivity index (χ3v) is 4.00. The van der Waals surface area contributed by atoms with Crippen LogP contribution in [0.2, 0.25) is 0 Å². The molecule has 0 aliphatic carbocycles. The maximum absolute atomic E-state index is 5.30. The highest BCUT2D eigenvalue weighted by Gasteiger charge is 2.13. The van der Waals surface area contributed by atoms with Gasteiger partial charge in [0.15, 0.2) is 0 Å². The van der Waals surface area contributed by atoms with Crippen LogP contribution in [0.25, 0.3) is 0 Å². The van der Waals surface area contributed by atoms with E-state index in [0.717, 1.165) is 53.1 Å². The van der Waals surface area contributed by atoms with Gasteiger partial charge in [-0.25, -0.2) is 9.97 Å². The number of anilines is 1. The Morgan fingerprint density at radius 2 is 2.00 bits per heavy atom. The fourth-order valence-electron chi connectivity index (χ4n) is 1.74. The minimum absolute atomic E-state index is 0.147. The third kappa shape index (κ3) is 5.22. The number of methoxy groups -OCH3 is 1. The molecule has 19 heavy (non-hydrogen) atoms. The first-order valence-corrected chi connectivity index (χ1v) is 8.02. The van der Waals surface area contributed by atoms with E-state index >= 15 is 0 Å². The standard InChI is InChI=1S/C14H24IN3O/c1-5-7-11-13(15)14(16-8-6-2)18-12(17-11)9-10(3)19-4/h10H,5-9H2,1-4H3,(H,16,17,18). The molecule has 0 spiro atoms. The van der Waals surface area contributed by atoms with Crippen molar-refractivity contribution in [1.82, 2.24) is 9.97 Å². The van der Waals surface area contributed by atoms with Crippen LogP contribution in [0, 0.1) is 3.57 Å². The van der Waals surface area contributed by atoms with Gasteiger partial charge in [-0.15, -0.1) is 0 Å². The summed E-state index contributed by atoms with van der Waals surface area (Å²) in [4.78, 5) is 9.31. The number of nitrogens with one attached hydrogen (secondary N) is 1. The van der Waals surface area contributed by atoms with Gasteiger partial charge in [-0.1, -0.05) is 20.3 Å². The maximum Gasteiger partial charge on any atom is 0.143 e. The highest BCUT2D eigenvalue weighted by molar-refractivity contribution is 14.1. The minimum atomic E-state index is 0.147. The molecule has 1 aromatic rings. The predicted octanol–water partition coefficient (Wildman–Crippen LogP) is 3.43. The van der Waals surface area contributed by atoms with Gasteiger partial charge >= 0.3 is 0 Å². The number of rotatable bonds is 8. The van der Waals surface area contributed by atoms with Gasteiger partial charge in [0, 0.05) is 20.1 Å². The van der Waals surface area contributed by atoms with Crippen LogP contribution in [0.5, 0.6) is 0 Å². The van der Waals surface area contributed by atoms with Gasteiger partial charge in [-0.2, -0.15) is 0 Å². The number of nitrogens with zero attached hydrogens (tertiary/aromatic N) is 2. The normalized spacial score (nSPS) is 12.5. The van der Waals surface area contributed by atoms with E-state index in [1.807, 2.05) is 6.92 Å². The SMILES string of the molecule is CCCNc1nc(CC(C)OC)nc(CCC)c1I. The predicted molar refractivity (Wildman–Crippen MR) is 87.7 cm³/mol. The van der Waals surface area contributed by atoms with Crippen LogP contribution in [-0.2, 0) is 17.6 Å². The van der Waals surface area contributed by atoms with Crippen LogP contribution >= 0.6 is 22.6 Å². The second-order valence-electron chi connectivity index (χ2n) is 4.68. The molecule has 0 bridgehead atoms. The van der Waals surface area contributed by atoms with Crippen LogP contribution in [0.3, 0.4) is 0 Å². The monoisotopic (exact) mass is 377 g/mol. The Morgan fingerprint density at radius 3 is 2.58 bits per heavy atom. The Hall–Kier alpha value is -0.430. The van der Waals surface area contributed by atoms with Gasteiger partial charge in [0.1, 0.15) is 11.6 Å². The molecule has 0 saturated heterocycles. The fraction of sp³-hybridized carbons (Fsp3) is 0.714. The van der Waals surface area contributed by atoms with E-state index < -0.39 is 0 Å². The summed E-state index contributed by atoms with van der Waals surface area (Å²) in [5, 5.41) is 3.39. The summed E-state index contributed by atoms with van der Waals surface area (Å²) < 4.78 is 6.46. The van der Waals surface area contributed by atoms with Crippen molar-refractivity contribution in [1.29, 1.82) is 0 Å². The largest absolute Gasteiger partial charge is 0.381 e. The van der Waals surface area contributed by atoms with E-state index in [1.54, 1.807) is 7.11 Å². The van der Waals surface area contributed by atoms with Gasteiger partial charge < -0.3 is 10.1 Å². The number of ether oxygens (including phenoxy) is 1. The molecule has 1 heterocycles. The molecule has 0 radical (unpaired) electrons. The van der Waals surface area contributed by atoms with Crippen LogP contribution in [0.1, 0.15) is 45.1 Å². The summed E-state index contributed by atoms with van der Waals surface area (Å²) in [7, 11) is 1.72. The summed E-state index contributed by atoms with van der Waals surface area (Å²) in [6.07, 6.45) is 4.08. The van der Waals surface area contributed by atoms with Crippen molar-refractivity contribution in [2.75, 3.05) is 19.0 Å². The van der Waals surface area contributed by atoms with E-state index in [1.165, 1.54) is 0 Å².